The number of nitriles is 1. The van der Waals surface area contributed by atoms with Crippen LogP contribution in [-0.2, 0) is 0 Å². The lowest BCUT2D eigenvalue weighted by molar-refractivity contribution is 0.674. The zero-order valence-electron chi connectivity index (χ0n) is 9.40. The first-order valence-electron chi connectivity index (χ1n) is 5.43. The average Bonchev–Trinajstić information content (AvgIpc) is 2.31. The van der Waals surface area contributed by atoms with Crippen LogP contribution in [-0.4, -0.2) is 0 Å². The summed E-state index contributed by atoms with van der Waals surface area (Å²) in [7, 11) is 0. The summed E-state index contributed by atoms with van der Waals surface area (Å²) in [6.07, 6.45) is 6.51. The van der Waals surface area contributed by atoms with Gasteiger partial charge >= 0.3 is 0 Å². The molecule has 0 amide bonds. The van der Waals surface area contributed by atoms with Crippen LogP contribution in [0.5, 0.6) is 0 Å². The van der Waals surface area contributed by atoms with Crippen molar-refractivity contribution in [1.82, 2.24) is 0 Å². The molecule has 0 saturated heterocycles. The summed E-state index contributed by atoms with van der Waals surface area (Å²) in [5.41, 5.74) is 2.06. The molecule has 15 heavy (non-hydrogen) atoms. The van der Waals surface area contributed by atoms with Crippen LogP contribution >= 0.6 is 0 Å². The van der Waals surface area contributed by atoms with Gasteiger partial charge in [0.2, 0.25) is 0 Å². The van der Waals surface area contributed by atoms with Gasteiger partial charge in [-0.3, -0.25) is 0 Å². The Morgan fingerprint density at radius 3 is 2.47 bits per heavy atom. The zero-order chi connectivity index (χ0) is 11.1. The SMILES string of the molecule is C/C=C\CC(CC)c1ccc(C#N)cc1. The van der Waals surface area contributed by atoms with Gasteiger partial charge < -0.3 is 0 Å². The van der Waals surface area contributed by atoms with Gasteiger partial charge in [-0.05, 0) is 43.4 Å². The molecular weight excluding hydrogens is 182 g/mol. The third kappa shape index (κ3) is 3.25. The quantitative estimate of drug-likeness (QED) is 0.672. The van der Waals surface area contributed by atoms with Crippen LogP contribution < -0.4 is 0 Å². The summed E-state index contributed by atoms with van der Waals surface area (Å²) in [5.74, 6) is 0.578. The monoisotopic (exact) mass is 199 g/mol. The molecule has 0 saturated carbocycles. The molecule has 1 atom stereocenters. The Balaban J connectivity index is 2.79. The summed E-state index contributed by atoms with van der Waals surface area (Å²) in [6.45, 7) is 4.25. The largest absolute Gasteiger partial charge is 0.192 e. The van der Waals surface area contributed by atoms with E-state index in [1.807, 2.05) is 19.1 Å². The highest BCUT2D eigenvalue weighted by Gasteiger charge is 2.06. The van der Waals surface area contributed by atoms with Crippen molar-refractivity contribution in [3.63, 3.8) is 0 Å². The van der Waals surface area contributed by atoms with E-state index < -0.39 is 0 Å². The van der Waals surface area contributed by atoms with Gasteiger partial charge in [0.1, 0.15) is 0 Å². The van der Waals surface area contributed by atoms with Crippen LogP contribution in [0.1, 0.15) is 43.7 Å². The molecule has 0 bridgehead atoms. The van der Waals surface area contributed by atoms with E-state index in [1.165, 1.54) is 5.56 Å². The first kappa shape index (κ1) is 11.5. The van der Waals surface area contributed by atoms with Crippen molar-refractivity contribution >= 4 is 0 Å². The molecule has 0 heterocycles. The second-order valence-electron chi connectivity index (χ2n) is 3.64. The lowest BCUT2D eigenvalue weighted by Gasteiger charge is -2.12. The minimum Gasteiger partial charge on any atom is -0.192 e. The summed E-state index contributed by atoms with van der Waals surface area (Å²) in [5, 5.41) is 8.70. The highest BCUT2D eigenvalue weighted by molar-refractivity contribution is 5.33. The van der Waals surface area contributed by atoms with Crippen LogP contribution in [0, 0.1) is 11.3 Å². The molecule has 0 fully saturated rings. The lowest BCUT2D eigenvalue weighted by atomic mass is 9.92. The fourth-order valence-electron chi connectivity index (χ4n) is 1.67. The lowest BCUT2D eigenvalue weighted by Crippen LogP contribution is -1.95. The van der Waals surface area contributed by atoms with Crippen molar-refractivity contribution in [2.45, 2.75) is 32.6 Å². The average molecular weight is 199 g/mol. The molecule has 1 aromatic rings. The molecule has 0 aromatic heterocycles. The molecule has 78 valence electrons. The van der Waals surface area contributed by atoms with Crippen molar-refractivity contribution in [3.05, 3.63) is 47.5 Å². The van der Waals surface area contributed by atoms with Gasteiger partial charge in [-0.15, -0.1) is 0 Å². The molecule has 1 aromatic carbocycles. The second kappa shape index (κ2) is 6.03. The standard InChI is InChI=1S/C14H17N/c1-3-5-6-13(4-2)14-9-7-12(11-15)8-10-14/h3,5,7-10,13H,4,6H2,1-2H3/b5-3-. The number of hydrogen-bond acceptors (Lipinski definition) is 1. The van der Waals surface area contributed by atoms with Crippen molar-refractivity contribution in [3.8, 4) is 6.07 Å². The minimum atomic E-state index is 0.578. The molecule has 0 radical (unpaired) electrons. The van der Waals surface area contributed by atoms with Crippen molar-refractivity contribution in [2.75, 3.05) is 0 Å². The number of benzene rings is 1. The maximum Gasteiger partial charge on any atom is 0.0991 e. The predicted octanol–water partition coefficient (Wildman–Crippen LogP) is 4.02. The van der Waals surface area contributed by atoms with E-state index in [1.54, 1.807) is 0 Å². The molecule has 0 N–H and O–H groups in total. The third-order valence-corrected chi connectivity index (χ3v) is 2.66. The number of rotatable bonds is 4. The number of hydrogen-bond donors (Lipinski definition) is 0. The van der Waals surface area contributed by atoms with E-state index in [0.29, 0.717) is 5.92 Å². The molecule has 0 aliphatic rings. The Labute approximate surface area is 92.1 Å². The summed E-state index contributed by atoms with van der Waals surface area (Å²) < 4.78 is 0. The fourth-order valence-corrected chi connectivity index (χ4v) is 1.67. The fraction of sp³-hybridized carbons (Fsp3) is 0.357. The molecule has 0 aliphatic heterocycles. The molecule has 1 rings (SSSR count). The van der Waals surface area contributed by atoms with E-state index in [-0.39, 0.29) is 0 Å². The molecule has 1 nitrogen and oxygen atoms in total. The van der Waals surface area contributed by atoms with Crippen LogP contribution in [0.3, 0.4) is 0 Å². The van der Waals surface area contributed by atoms with Crippen LogP contribution in [0.25, 0.3) is 0 Å². The minimum absolute atomic E-state index is 0.578. The summed E-state index contributed by atoms with van der Waals surface area (Å²) >= 11 is 0. The Morgan fingerprint density at radius 1 is 1.33 bits per heavy atom. The van der Waals surface area contributed by atoms with E-state index in [2.05, 4.69) is 37.3 Å². The maximum atomic E-state index is 8.70. The summed E-state index contributed by atoms with van der Waals surface area (Å²) in [6, 6.07) is 10.1. The van der Waals surface area contributed by atoms with Crippen LogP contribution in [0.15, 0.2) is 36.4 Å². The maximum absolute atomic E-state index is 8.70. The van der Waals surface area contributed by atoms with Gasteiger partial charge in [-0.25, -0.2) is 0 Å². The highest BCUT2D eigenvalue weighted by Crippen LogP contribution is 2.23. The van der Waals surface area contributed by atoms with E-state index in [0.717, 1.165) is 18.4 Å². The topological polar surface area (TPSA) is 23.8 Å². The number of allylic oxidation sites excluding steroid dienone is 2. The molecule has 0 spiro atoms. The molecular formula is C14H17N. The third-order valence-electron chi connectivity index (χ3n) is 2.66. The van der Waals surface area contributed by atoms with Crippen molar-refractivity contribution in [2.24, 2.45) is 0 Å². The van der Waals surface area contributed by atoms with E-state index in [4.69, 9.17) is 5.26 Å². The normalized spacial score (nSPS) is 12.6. The highest BCUT2D eigenvalue weighted by atomic mass is 14.2. The zero-order valence-corrected chi connectivity index (χ0v) is 9.40. The number of nitrogens with zero attached hydrogens (tertiary/aromatic N) is 1. The van der Waals surface area contributed by atoms with Gasteiger partial charge in [0, 0.05) is 0 Å². The van der Waals surface area contributed by atoms with E-state index >= 15 is 0 Å². The Bertz CT molecular complexity index is 354. The Morgan fingerprint density at radius 2 is 2.00 bits per heavy atom. The van der Waals surface area contributed by atoms with Gasteiger partial charge in [0.05, 0.1) is 11.6 Å². The van der Waals surface area contributed by atoms with Crippen LogP contribution in [0.2, 0.25) is 0 Å². The van der Waals surface area contributed by atoms with Gasteiger partial charge in [-0.1, -0.05) is 31.2 Å². The molecule has 1 heteroatoms. The first-order chi connectivity index (χ1) is 7.31. The van der Waals surface area contributed by atoms with Crippen molar-refractivity contribution < 1.29 is 0 Å². The Kier molecular flexibility index (Phi) is 4.63. The molecule has 1 unspecified atom stereocenters. The Hall–Kier alpha value is -1.55. The molecule has 0 aliphatic carbocycles. The predicted molar refractivity (Wildman–Crippen MR) is 63.6 cm³/mol. The van der Waals surface area contributed by atoms with Gasteiger partial charge in [0.15, 0.2) is 0 Å². The van der Waals surface area contributed by atoms with Gasteiger partial charge in [-0.2, -0.15) is 5.26 Å². The van der Waals surface area contributed by atoms with Crippen LogP contribution in [0.4, 0.5) is 0 Å². The first-order valence-corrected chi connectivity index (χ1v) is 5.43. The smallest absolute Gasteiger partial charge is 0.0991 e. The second-order valence-corrected chi connectivity index (χ2v) is 3.64. The van der Waals surface area contributed by atoms with E-state index in [9.17, 15) is 0 Å². The van der Waals surface area contributed by atoms with Crippen molar-refractivity contribution in [1.29, 1.82) is 5.26 Å². The van der Waals surface area contributed by atoms with Gasteiger partial charge in [0.25, 0.3) is 0 Å². The summed E-state index contributed by atoms with van der Waals surface area (Å²) in [4.78, 5) is 0.